The molecular formula is C31H43NO5. The highest BCUT2D eigenvalue weighted by molar-refractivity contribution is 5.87. The number of rotatable bonds is 15. The Kier molecular flexibility index (Phi) is 12.5. The van der Waals surface area contributed by atoms with Crippen molar-refractivity contribution in [1.29, 1.82) is 0 Å². The van der Waals surface area contributed by atoms with Gasteiger partial charge in [-0.05, 0) is 69.1 Å². The lowest BCUT2D eigenvalue weighted by atomic mass is 10.0. The summed E-state index contributed by atoms with van der Waals surface area (Å²) in [6.45, 7) is 8.30. The third kappa shape index (κ3) is 9.84. The summed E-state index contributed by atoms with van der Waals surface area (Å²) < 4.78 is 23.2. The second kappa shape index (κ2) is 16.1. The molecule has 6 heteroatoms. The summed E-state index contributed by atoms with van der Waals surface area (Å²) >= 11 is 0. The van der Waals surface area contributed by atoms with Crippen molar-refractivity contribution >= 4 is 12.0 Å². The summed E-state index contributed by atoms with van der Waals surface area (Å²) in [5.41, 5.74) is 4.24. The second-order valence-corrected chi connectivity index (χ2v) is 9.47. The van der Waals surface area contributed by atoms with Crippen LogP contribution < -0.4 is 9.47 Å². The topological polar surface area (TPSA) is 66.9 Å². The van der Waals surface area contributed by atoms with Gasteiger partial charge >= 0.3 is 5.97 Å². The minimum absolute atomic E-state index is 0.0912. The summed E-state index contributed by atoms with van der Waals surface area (Å²) in [6, 6.07) is 10.6. The average molecular weight is 510 g/mol. The van der Waals surface area contributed by atoms with E-state index < -0.39 is 0 Å². The quantitative estimate of drug-likeness (QED) is 0.155. The first-order valence-corrected chi connectivity index (χ1v) is 14.0. The highest BCUT2D eigenvalue weighted by Crippen LogP contribution is 2.30. The molecule has 0 spiro atoms. The Morgan fingerprint density at radius 3 is 2.49 bits per heavy atom. The molecule has 1 fully saturated rings. The van der Waals surface area contributed by atoms with E-state index in [2.05, 4.69) is 38.1 Å². The van der Waals surface area contributed by atoms with Crippen LogP contribution in [0.4, 0.5) is 0 Å². The normalized spacial score (nSPS) is 15.6. The van der Waals surface area contributed by atoms with Crippen molar-refractivity contribution in [1.82, 2.24) is 4.98 Å². The molecule has 3 rings (SSSR count). The Balaban J connectivity index is 1.86. The van der Waals surface area contributed by atoms with Crippen LogP contribution in [0.25, 0.3) is 6.08 Å². The average Bonchev–Trinajstić information content (AvgIpc) is 2.92. The SMILES string of the molecule is CCCCOc1cc(OCC2CCCCO2)nc(CCc2ccc(CCC)cc2)c1/C=C/C(=O)OCC. The molecule has 1 aromatic carbocycles. The van der Waals surface area contributed by atoms with Crippen LogP contribution in [0.2, 0.25) is 0 Å². The van der Waals surface area contributed by atoms with Gasteiger partial charge in [0.25, 0.3) is 0 Å². The zero-order valence-corrected chi connectivity index (χ0v) is 22.8. The highest BCUT2D eigenvalue weighted by Gasteiger charge is 2.18. The molecule has 0 amide bonds. The predicted octanol–water partition coefficient (Wildman–Crippen LogP) is 6.52. The molecule has 1 saturated heterocycles. The molecule has 202 valence electrons. The van der Waals surface area contributed by atoms with Crippen LogP contribution in [0.1, 0.15) is 81.7 Å². The van der Waals surface area contributed by atoms with E-state index in [0.717, 1.165) is 69.2 Å². The van der Waals surface area contributed by atoms with E-state index in [0.29, 0.717) is 37.9 Å². The zero-order valence-electron chi connectivity index (χ0n) is 22.8. The summed E-state index contributed by atoms with van der Waals surface area (Å²) in [5.74, 6) is 0.827. The van der Waals surface area contributed by atoms with Gasteiger partial charge in [0, 0.05) is 24.3 Å². The van der Waals surface area contributed by atoms with Gasteiger partial charge in [0.2, 0.25) is 5.88 Å². The monoisotopic (exact) mass is 509 g/mol. The van der Waals surface area contributed by atoms with Crippen molar-refractivity contribution in [2.75, 3.05) is 26.4 Å². The largest absolute Gasteiger partial charge is 0.493 e. The fraction of sp³-hybridized carbons (Fsp3) is 0.548. The number of esters is 1. The lowest BCUT2D eigenvalue weighted by Gasteiger charge is -2.23. The number of benzene rings is 1. The van der Waals surface area contributed by atoms with E-state index in [1.54, 1.807) is 13.0 Å². The van der Waals surface area contributed by atoms with Crippen molar-refractivity contribution in [3.63, 3.8) is 0 Å². The van der Waals surface area contributed by atoms with E-state index in [1.165, 1.54) is 17.2 Å². The van der Waals surface area contributed by atoms with Gasteiger partial charge in [-0.2, -0.15) is 0 Å². The molecule has 1 aliphatic heterocycles. The number of aromatic nitrogens is 1. The maximum absolute atomic E-state index is 12.1. The predicted molar refractivity (Wildman–Crippen MR) is 147 cm³/mol. The van der Waals surface area contributed by atoms with Gasteiger partial charge in [-0.3, -0.25) is 0 Å². The first-order chi connectivity index (χ1) is 18.1. The lowest BCUT2D eigenvalue weighted by Crippen LogP contribution is -2.26. The molecular weight excluding hydrogens is 466 g/mol. The first-order valence-electron chi connectivity index (χ1n) is 14.0. The molecule has 1 unspecified atom stereocenters. The number of hydrogen-bond acceptors (Lipinski definition) is 6. The second-order valence-electron chi connectivity index (χ2n) is 9.47. The van der Waals surface area contributed by atoms with Gasteiger partial charge in [0.05, 0.1) is 25.0 Å². The molecule has 0 saturated carbocycles. The van der Waals surface area contributed by atoms with Crippen LogP contribution in [-0.4, -0.2) is 43.5 Å². The molecule has 1 aliphatic rings. The fourth-order valence-corrected chi connectivity index (χ4v) is 4.33. The van der Waals surface area contributed by atoms with Gasteiger partial charge in [-0.1, -0.05) is 51.0 Å². The van der Waals surface area contributed by atoms with Crippen molar-refractivity contribution < 1.29 is 23.7 Å². The van der Waals surface area contributed by atoms with Crippen LogP contribution >= 0.6 is 0 Å². The van der Waals surface area contributed by atoms with Crippen molar-refractivity contribution in [3.05, 3.63) is 58.8 Å². The van der Waals surface area contributed by atoms with Crippen molar-refractivity contribution in [3.8, 4) is 11.6 Å². The van der Waals surface area contributed by atoms with E-state index in [4.69, 9.17) is 23.9 Å². The Hall–Kier alpha value is -2.86. The Bertz CT molecular complexity index is 980. The lowest BCUT2D eigenvalue weighted by molar-refractivity contribution is -0.137. The molecule has 0 bridgehead atoms. The van der Waals surface area contributed by atoms with Crippen LogP contribution in [0.3, 0.4) is 0 Å². The molecule has 37 heavy (non-hydrogen) atoms. The number of aryl methyl sites for hydroxylation is 3. The van der Waals surface area contributed by atoms with Gasteiger partial charge in [0.1, 0.15) is 12.4 Å². The summed E-state index contributed by atoms with van der Waals surface area (Å²) in [5, 5.41) is 0. The number of nitrogens with zero attached hydrogens (tertiary/aromatic N) is 1. The van der Waals surface area contributed by atoms with Crippen LogP contribution in [0.5, 0.6) is 11.6 Å². The maximum Gasteiger partial charge on any atom is 0.330 e. The number of carbonyl (C=O) groups is 1. The van der Waals surface area contributed by atoms with Gasteiger partial charge in [-0.15, -0.1) is 0 Å². The number of pyridine rings is 1. The van der Waals surface area contributed by atoms with Gasteiger partial charge < -0.3 is 18.9 Å². The standard InChI is InChI=1S/C31H43NO5/c1-4-7-20-36-29-22-30(37-23-26-11-8-9-21-35-26)32-28(27(29)17-19-31(33)34-6-3)18-16-25-14-12-24(10-5-2)13-15-25/h12-15,17,19,22,26H,4-11,16,18,20-21,23H2,1-3H3/b19-17+. The number of carbonyl (C=O) groups excluding carboxylic acids is 1. The summed E-state index contributed by atoms with van der Waals surface area (Å²) in [6.07, 6.45) is 12.3. The van der Waals surface area contributed by atoms with Crippen LogP contribution in [0.15, 0.2) is 36.4 Å². The van der Waals surface area contributed by atoms with Gasteiger partial charge in [-0.25, -0.2) is 9.78 Å². The summed E-state index contributed by atoms with van der Waals surface area (Å²) in [7, 11) is 0. The third-order valence-corrected chi connectivity index (χ3v) is 6.41. The van der Waals surface area contributed by atoms with Crippen molar-refractivity contribution in [2.24, 2.45) is 0 Å². The van der Waals surface area contributed by atoms with Crippen molar-refractivity contribution in [2.45, 2.75) is 84.7 Å². The zero-order chi connectivity index (χ0) is 26.3. The van der Waals surface area contributed by atoms with Gasteiger partial charge in [0.15, 0.2) is 0 Å². The third-order valence-electron chi connectivity index (χ3n) is 6.41. The minimum atomic E-state index is -0.380. The molecule has 1 atom stereocenters. The molecule has 0 aliphatic carbocycles. The van der Waals surface area contributed by atoms with E-state index in [9.17, 15) is 4.79 Å². The Morgan fingerprint density at radius 1 is 1.03 bits per heavy atom. The van der Waals surface area contributed by atoms with E-state index >= 15 is 0 Å². The molecule has 0 N–H and O–H groups in total. The Labute approximate surface area is 222 Å². The van der Waals surface area contributed by atoms with Crippen LogP contribution in [0, 0.1) is 0 Å². The number of unbranched alkanes of at least 4 members (excludes halogenated alkanes) is 1. The number of hydrogen-bond donors (Lipinski definition) is 0. The minimum Gasteiger partial charge on any atom is -0.493 e. The molecule has 1 aromatic heterocycles. The maximum atomic E-state index is 12.1. The molecule has 2 heterocycles. The number of ether oxygens (including phenoxy) is 4. The molecule has 0 radical (unpaired) electrons. The smallest absolute Gasteiger partial charge is 0.330 e. The summed E-state index contributed by atoms with van der Waals surface area (Å²) in [4.78, 5) is 17.0. The van der Waals surface area contributed by atoms with E-state index in [-0.39, 0.29) is 12.1 Å². The molecule has 6 nitrogen and oxygen atoms in total. The van der Waals surface area contributed by atoms with Crippen LogP contribution in [-0.2, 0) is 33.5 Å². The molecule has 2 aromatic rings. The van der Waals surface area contributed by atoms with E-state index in [1.807, 2.05) is 6.07 Å². The Morgan fingerprint density at radius 2 is 1.81 bits per heavy atom. The highest BCUT2D eigenvalue weighted by atomic mass is 16.5. The fourth-order valence-electron chi connectivity index (χ4n) is 4.33. The first kappa shape index (κ1) is 28.7.